The van der Waals surface area contributed by atoms with Crippen molar-refractivity contribution in [1.29, 1.82) is 0 Å². The number of ketones is 1. The van der Waals surface area contributed by atoms with E-state index >= 15 is 0 Å². The van der Waals surface area contributed by atoms with E-state index in [9.17, 15) is 14.4 Å². The predicted octanol–water partition coefficient (Wildman–Crippen LogP) is 3.20. The topological polar surface area (TPSA) is 88.4 Å². The van der Waals surface area contributed by atoms with Gasteiger partial charge in [-0.2, -0.15) is 0 Å². The lowest BCUT2D eigenvalue weighted by Crippen LogP contribution is -2.41. The number of rotatable bonds is 5. The molecule has 0 aliphatic heterocycles. The minimum atomic E-state index is -0.446. The Morgan fingerprint density at radius 2 is 1.70 bits per heavy atom. The number of furan rings is 1. The Morgan fingerprint density at radius 3 is 2.41 bits per heavy atom. The molecule has 0 unspecified atom stereocenters. The lowest BCUT2D eigenvalue weighted by Gasteiger charge is -2.16. The van der Waals surface area contributed by atoms with Gasteiger partial charge in [0.25, 0.3) is 5.91 Å². The van der Waals surface area contributed by atoms with Gasteiger partial charge in [-0.25, -0.2) is 0 Å². The number of amides is 2. The largest absolute Gasteiger partial charge is 0.466 e. The second-order valence-corrected chi connectivity index (χ2v) is 6.94. The molecular weight excluding hydrogens is 344 g/mol. The third kappa shape index (κ3) is 4.64. The minimum Gasteiger partial charge on any atom is -0.466 e. The van der Waals surface area contributed by atoms with Gasteiger partial charge in [0.05, 0.1) is 5.56 Å². The van der Waals surface area contributed by atoms with Crippen LogP contribution in [0.5, 0.6) is 0 Å². The summed E-state index contributed by atoms with van der Waals surface area (Å²) in [4.78, 5) is 36.3. The van der Waals surface area contributed by atoms with Gasteiger partial charge in [0, 0.05) is 18.4 Å². The summed E-state index contributed by atoms with van der Waals surface area (Å²) in [6, 6.07) is 7.43. The molecule has 0 spiro atoms. The molecule has 2 N–H and O–H groups in total. The molecule has 6 heteroatoms. The Morgan fingerprint density at radius 1 is 0.963 bits per heavy atom. The van der Waals surface area contributed by atoms with Crippen molar-refractivity contribution in [2.45, 2.75) is 52.4 Å². The molecule has 0 bridgehead atoms. The van der Waals surface area contributed by atoms with Crippen LogP contribution in [0.2, 0.25) is 0 Å². The number of carbonyl (C=O) groups is 3. The maximum atomic E-state index is 12.4. The highest BCUT2D eigenvalue weighted by Crippen LogP contribution is 2.23. The van der Waals surface area contributed by atoms with Gasteiger partial charge in [-0.3, -0.25) is 25.2 Å². The van der Waals surface area contributed by atoms with Gasteiger partial charge in [-0.15, -0.1) is 0 Å². The molecule has 3 rings (SSSR count). The summed E-state index contributed by atoms with van der Waals surface area (Å²) >= 11 is 0. The minimum absolute atomic E-state index is 0.0135. The Labute approximate surface area is 158 Å². The molecule has 1 aliphatic carbocycles. The third-order valence-electron chi connectivity index (χ3n) is 4.85. The van der Waals surface area contributed by atoms with Crippen LogP contribution in [0.3, 0.4) is 0 Å². The number of fused-ring (bicyclic) bond motifs is 1. The van der Waals surface area contributed by atoms with Crippen molar-refractivity contribution in [2.24, 2.45) is 0 Å². The van der Waals surface area contributed by atoms with Gasteiger partial charge >= 0.3 is 0 Å². The highest BCUT2D eigenvalue weighted by Gasteiger charge is 2.16. The summed E-state index contributed by atoms with van der Waals surface area (Å²) in [5.74, 6) is 0.193. The SMILES string of the molecule is Cc1cc(C(=O)NNC(=O)CCC(=O)c2ccc3c(c2)CCCC3)c(C)o1. The summed E-state index contributed by atoms with van der Waals surface area (Å²) in [7, 11) is 0. The van der Waals surface area contributed by atoms with Crippen LogP contribution < -0.4 is 10.9 Å². The highest BCUT2D eigenvalue weighted by molar-refractivity contribution is 5.99. The number of aryl methyl sites for hydroxylation is 4. The summed E-state index contributed by atoms with van der Waals surface area (Å²) in [5.41, 5.74) is 8.28. The van der Waals surface area contributed by atoms with Crippen LogP contribution in [0.1, 0.15) is 69.0 Å². The molecule has 27 heavy (non-hydrogen) atoms. The summed E-state index contributed by atoms with van der Waals surface area (Å²) in [6.07, 6.45) is 4.55. The van der Waals surface area contributed by atoms with Crippen molar-refractivity contribution >= 4 is 17.6 Å². The zero-order valence-corrected chi connectivity index (χ0v) is 15.7. The van der Waals surface area contributed by atoms with Gasteiger partial charge in [0.1, 0.15) is 11.5 Å². The van der Waals surface area contributed by atoms with E-state index in [1.54, 1.807) is 19.9 Å². The van der Waals surface area contributed by atoms with E-state index < -0.39 is 11.8 Å². The lowest BCUT2D eigenvalue weighted by molar-refractivity contribution is -0.121. The van der Waals surface area contributed by atoms with Crippen LogP contribution in [0.15, 0.2) is 28.7 Å². The van der Waals surface area contributed by atoms with Crippen molar-refractivity contribution < 1.29 is 18.8 Å². The molecule has 142 valence electrons. The number of carbonyl (C=O) groups excluding carboxylic acids is 3. The predicted molar refractivity (Wildman–Crippen MR) is 100 cm³/mol. The van der Waals surface area contributed by atoms with Crippen molar-refractivity contribution in [3.8, 4) is 0 Å². The summed E-state index contributed by atoms with van der Waals surface area (Å²) in [6.45, 7) is 3.43. The maximum absolute atomic E-state index is 12.4. The smallest absolute Gasteiger partial charge is 0.273 e. The molecule has 0 atom stereocenters. The van der Waals surface area contributed by atoms with Crippen LogP contribution in [0.25, 0.3) is 0 Å². The van der Waals surface area contributed by atoms with E-state index in [0.29, 0.717) is 22.6 Å². The number of Topliss-reactive ketones (excluding diaryl/α,β-unsaturated/α-hetero) is 1. The van der Waals surface area contributed by atoms with E-state index in [0.717, 1.165) is 19.3 Å². The molecule has 1 aliphatic rings. The van der Waals surface area contributed by atoms with Crippen molar-refractivity contribution in [2.75, 3.05) is 0 Å². The first-order valence-electron chi connectivity index (χ1n) is 9.25. The monoisotopic (exact) mass is 368 g/mol. The Bertz CT molecular complexity index is 882. The van der Waals surface area contributed by atoms with Gasteiger partial charge in [0.15, 0.2) is 5.78 Å². The second-order valence-electron chi connectivity index (χ2n) is 6.94. The molecule has 0 saturated heterocycles. The first kappa shape index (κ1) is 18.9. The average Bonchev–Trinajstić information content (AvgIpc) is 3.01. The van der Waals surface area contributed by atoms with E-state index in [1.807, 2.05) is 18.2 Å². The van der Waals surface area contributed by atoms with Gasteiger partial charge < -0.3 is 4.42 Å². The summed E-state index contributed by atoms with van der Waals surface area (Å²) < 4.78 is 5.29. The molecular formula is C21H24N2O4. The molecule has 2 amide bonds. The lowest BCUT2D eigenvalue weighted by atomic mass is 9.89. The molecule has 0 fully saturated rings. The fourth-order valence-corrected chi connectivity index (χ4v) is 3.39. The van der Waals surface area contributed by atoms with Crippen LogP contribution in [-0.4, -0.2) is 17.6 Å². The normalized spacial score (nSPS) is 13.0. The molecule has 0 saturated carbocycles. The number of hydrogen-bond acceptors (Lipinski definition) is 4. The molecule has 1 aromatic heterocycles. The van der Waals surface area contributed by atoms with E-state index in [4.69, 9.17) is 4.42 Å². The second kappa shape index (κ2) is 8.20. The Balaban J connectivity index is 1.48. The van der Waals surface area contributed by atoms with Crippen molar-refractivity contribution in [3.05, 3.63) is 58.0 Å². The fraction of sp³-hybridized carbons (Fsp3) is 0.381. The first-order chi connectivity index (χ1) is 12.9. The highest BCUT2D eigenvalue weighted by atomic mass is 16.3. The van der Waals surface area contributed by atoms with Gasteiger partial charge in [0.2, 0.25) is 5.91 Å². The van der Waals surface area contributed by atoms with Crippen molar-refractivity contribution in [3.63, 3.8) is 0 Å². The Hall–Kier alpha value is -2.89. The van der Waals surface area contributed by atoms with Crippen molar-refractivity contribution in [1.82, 2.24) is 10.9 Å². The zero-order chi connectivity index (χ0) is 19.4. The number of nitrogens with one attached hydrogen (secondary N) is 2. The maximum Gasteiger partial charge on any atom is 0.273 e. The number of benzene rings is 1. The van der Waals surface area contributed by atoms with E-state index in [-0.39, 0.29) is 18.6 Å². The van der Waals surface area contributed by atoms with Crippen LogP contribution >= 0.6 is 0 Å². The molecule has 2 aromatic rings. The van der Waals surface area contributed by atoms with E-state index in [2.05, 4.69) is 10.9 Å². The van der Waals surface area contributed by atoms with Gasteiger partial charge in [-0.1, -0.05) is 12.1 Å². The van der Waals surface area contributed by atoms with Crippen LogP contribution in [0.4, 0.5) is 0 Å². The van der Waals surface area contributed by atoms with Crippen LogP contribution in [0, 0.1) is 13.8 Å². The molecule has 0 radical (unpaired) electrons. The van der Waals surface area contributed by atoms with Crippen LogP contribution in [-0.2, 0) is 17.6 Å². The number of hydrazine groups is 1. The number of hydrogen-bond donors (Lipinski definition) is 2. The van der Waals surface area contributed by atoms with E-state index in [1.165, 1.54) is 17.5 Å². The molecule has 6 nitrogen and oxygen atoms in total. The summed E-state index contributed by atoms with van der Waals surface area (Å²) in [5, 5.41) is 0. The first-order valence-corrected chi connectivity index (χ1v) is 9.25. The molecule has 1 heterocycles. The quantitative estimate of drug-likeness (QED) is 0.627. The third-order valence-corrected chi connectivity index (χ3v) is 4.85. The average molecular weight is 368 g/mol. The standard InChI is InChI=1S/C21H24N2O4/c1-13-11-18(14(2)27-13)21(26)23-22-20(25)10-9-19(24)17-8-7-15-5-3-4-6-16(15)12-17/h7-8,11-12H,3-6,9-10H2,1-2H3,(H,22,25)(H,23,26). The zero-order valence-electron chi connectivity index (χ0n) is 15.7. The molecule has 1 aromatic carbocycles. The Kier molecular flexibility index (Phi) is 5.74. The van der Waals surface area contributed by atoms with Gasteiger partial charge in [-0.05, 0) is 62.8 Å². The fourth-order valence-electron chi connectivity index (χ4n) is 3.39.